The Morgan fingerprint density at radius 2 is 1.62 bits per heavy atom. The van der Waals surface area contributed by atoms with Gasteiger partial charge in [0.1, 0.15) is 0 Å². The van der Waals surface area contributed by atoms with Gasteiger partial charge in [-0.2, -0.15) is 0 Å². The van der Waals surface area contributed by atoms with E-state index >= 15 is 0 Å². The first-order valence-corrected chi connectivity index (χ1v) is 10.6. The van der Waals surface area contributed by atoms with E-state index < -0.39 is 10.0 Å². The third kappa shape index (κ3) is 6.48. The molecule has 0 aliphatic carbocycles. The van der Waals surface area contributed by atoms with Crippen LogP contribution in [0.25, 0.3) is 10.9 Å². The van der Waals surface area contributed by atoms with Crippen molar-refractivity contribution in [2.75, 3.05) is 10.5 Å². The molecule has 5 heteroatoms. The molecule has 0 aliphatic heterocycles. The molecule has 0 radical (unpaired) electrons. The van der Waals surface area contributed by atoms with E-state index in [2.05, 4.69) is 16.6 Å². The van der Waals surface area contributed by atoms with Crippen LogP contribution in [0.4, 0.5) is 5.69 Å². The number of hydrogen-bond acceptors (Lipinski definition) is 3. The van der Waals surface area contributed by atoms with Gasteiger partial charge in [-0.3, -0.25) is 9.71 Å². The van der Waals surface area contributed by atoms with Crippen LogP contribution >= 0.6 is 0 Å². The Kier molecular flexibility index (Phi) is 7.50. The average molecular weight is 349 g/mol. The van der Waals surface area contributed by atoms with Crippen molar-refractivity contribution in [1.82, 2.24) is 4.98 Å². The fourth-order valence-electron chi connectivity index (χ4n) is 2.78. The van der Waals surface area contributed by atoms with Crippen LogP contribution in [0.1, 0.15) is 58.3 Å². The van der Waals surface area contributed by atoms with Gasteiger partial charge in [-0.15, -0.1) is 0 Å². The molecule has 0 aliphatic rings. The second-order valence-corrected chi connectivity index (χ2v) is 8.15. The highest BCUT2D eigenvalue weighted by Crippen LogP contribution is 2.17. The molecule has 1 N–H and O–H groups in total. The molecule has 4 nitrogen and oxygen atoms in total. The van der Waals surface area contributed by atoms with E-state index in [0.29, 0.717) is 12.1 Å². The quantitative estimate of drug-likeness (QED) is 0.574. The zero-order valence-corrected chi connectivity index (χ0v) is 15.3. The van der Waals surface area contributed by atoms with Crippen LogP contribution in [0, 0.1) is 0 Å². The number of nitrogens with zero attached hydrogens (tertiary/aromatic N) is 1. The van der Waals surface area contributed by atoms with Crippen LogP contribution in [-0.2, 0) is 10.0 Å². The Morgan fingerprint density at radius 3 is 2.38 bits per heavy atom. The van der Waals surface area contributed by atoms with Crippen LogP contribution in [0.5, 0.6) is 0 Å². The third-order valence-electron chi connectivity index (χ3n) is 4.13. The Bertz CT molecular complexity index is 729. The second-order valence-electron chi connectivity index (χ2n) is 6.31. The summed E-state index contributed by atoms with van der Waals surface area (Å²) in [5.74, 6) is 0.175. The van der Waals surface area contributed by atoms with Gasteiger partial charge < -0.3 is 0 Å². The lowest BCUT2D eigenvalue weighted by Gasteiger charge is -2.08. The predicted molar refractivity (Wildman–Crippen MR) is 102 cm³/mol. The molecular formula is C19H28N2O2S. The van der Waals surface area contributed by atoms with E-state index in [1.54, 1.807) is 6.20 Å². The van der Waals surface area contributed by atoms with Crippen molar-refractivity contribution in [3.05, 3.63) is 36.5 Å². The summed E-state index contributed by atoms with van der Waals surface area (Å²) < 4.78 is 27.0. The fraction of sp³-hybridized carbons (Fsp3) is 0.526. The summed E-state index contributed by atoms with van der Waals surface area (Å²) in [5.41, 5.74) is 1.40. The molecular weight excluding hydrogens is 320 g/mol. The van der Waals surface area contributed by atoms with Gasteiger partial charge >= 0.3 is 0 Å². The van der Waals surface area contributed by atoms with Crippen molar-refractivity contribution >= 4 is 26.6 Å². The molecule has 0 bridgehead atoms. The van der Waals surface area contributed by atoms with Gasteiger partial charge in [0.05, 0.1) is 23.2 Å². The van der Waals surface area contributed by atoms with E-state index in [1.165, 1.54) is 32.1 Å². The molecule has 132 valence electrons. The first-order chi connectivity index (χ1) is 11.6. The third-order valence-corrected chi connectivity index (χ3v) is 5.50. The first kappa shape index (κ1) is 18.7. The van der Waals surface area contributed by atoms with Crippen LogP contribution in [0.15, 0.2) is 36.5 Å². The van der Waals surface area contributed by atoms with Crippen molar-refractivity contribution in [1.29, 1.82) is 0 Å². The summed E-state index contributed by atoms with van der Waals surface area (Å²) in [4.78, 5) is 4.28. The van der Waals surface area contributed by atoms with Crippen LogP contribution in [0.2, 0.25) is 0 Å². The van der Waals surface area contributed by atoms with Crippen molar-refractivity contribution in [3.63, 3.8) is 0 Å². The summed E-state index contributed by atoms with van der Waals surface area (Å²) in [6.07, 6.45) is 10.7. The monoisotopic (exact) mass is 348 g/mol. The average Bonchev–Trinajstić information content (AvgIpc) is 2.57. The fourth-order valence-corrected chi connectivity index (χ4v) is 3.94. The first-order valence-electron chi connectivity index (χ1n) is 8.96. The van der Waals surface area contributed by atoms with Gasteiger partial charge in [-0.05, 0) is 18.6 Å². The van der Waals surface area contributed by atoms with E-state index in [-0.39, 0.29) is 5.75 Å². The molecule has 0 unspecified atom stereocenters. The molecule has 0 fully saturated rings. The van der Waals surface area contributed by atoms with Gasteiger partial charge in [0.2, 0.25) is 10.0 Å². The number of hydrogen-bond donors (Lipinski definition) is 1. The molecule has 0 saturated heterocycles. The van der Waals surface area contributed by atoms with Crippen LogP contribution in [0.3, 0.4) is 0 Å². The zero-order valence-electron chi connectivity index (χ0n) is 14.5. The van der Waals surface area contributed by atoms with Crippen molar-refractivity contribution < 1.29 is 8.42 Å². The second kappa shape index (κ2) is 9.62. The summed E-state index contributed by atoms with van der Waals surface area (Å²) in [7, 11) is -3.29. The number of unbranched alkanes of at least 4 members (excludes halogenated alkanes) is 7. The predicted octanol–water partition coefficient (Wildman–Crippen LogP) is 5.12. The number of para-hydroxylation sites is 1. The van der Waals surface area contributed by atoms with E-state index in [1.807, 2.05) is 30.3 Å². The van der Waals surface area contributed by atoms with Crippen molar-refractivity contribution in [2.24, 2.45) is 0 Å². The van der Waals surface area contributed by atoms with Crippen LogP contribution < -0.4 is 4.72 Å². The highest BCUT2D eigenvalue weighted by atomic mass is 32.2. The summed E-state index contributed by atoms with van der Waals surface area (Å²) >= 11 is 0. The standard InChI is InChI=1S/C19H28N2O2S/c1-2-3-4-5-6-7-8-11-14-24(22,23)21-18-15-17-12-9-10-13-19(17)20-16-18/h9-10,12-13,15-16,21H,2-8,11,14H2,1H3. The Morgan fingerprint density at radius 1 is 0.958 bits per heavy atom. The Balaban J connectivity index is 1.74. The maximum absolute atomic E-state index is 12.2. The number of rotatable bonds is 11. The van der Waals surface area contributed by atoms with Crippen LogP contribution in [-0.4, -0.2) is 19.2 Å². The number of fused-ring (bicyclic) bond motifs is 1. The largest absolute Gasteiger partial charge is 0.282 e. The lowest BCUT2D eigenvalue weighted by Crippen LogP contribution is -2.16. The summed E-state index contributed by atoms with van der Waals surface area (Å²) in [5, 5.41) is 0.935. The Hall–Kier alpha value is -1.62. The van der Waals surface area contributed by atoms with Gasteiger partial charge in [-0.25, -0.2) is 8.42 Å². The van der Waals surface area contributed by atoms with E-state index in [4.69, 9.17) is 0 Å². The number of aromatic nitrogens is 1. The topological polar surface area (TPSA) is 59.1 Å². The van der Waals surface area contributed by atoms with Gasteiger partial charge in [0.15, 0.2) is 0 Å². The van der Waals surface area contributed by atoms with Gasteiger partial charge in [0.25, 0.3) is 0 Å². The normalized spacial score (nSPS) is 11.7. The molecule has 1 aromatic carbocycles. The molecule has 0 amide bonds. The smallest absolute Gasteiger partial charge is 0.232 e. The minimum Gasteiger partial charge on any atom is -0.282 e. The van der Waals surface area contributed by atoms with E-state index in [9.17, 15) is 8.42 Å². The number of nitrogens with one attached hydrogen (secondary N) is 1. The SMILES string of the molecule is CCCCCCCCCCS(=O)(=O)Nc1cnc2ccccc2c1. The maximum atomic E-state index is 12.2. The Labute approximate surface area is 145 Å². The highest BCUT2D eigenvalue weighted by molar-refractivity contribution is 7.92. The number of anilines is 1. The summed E-state index contributed by atoms with van der Waals surface area (Å²) in [6.45, 7) is 2.21. The molecule has 2 rings (SSSR count). The van der Waals surface area contributed by atoms with Gasteiger partial charge in [0, 0.05) is 5.39 Å². The molecule has 1 heterocycles. The zero-order chi connectivity index (χ0) is 17.3. The van der Waals surface area contributed by atoms with Crippen molar-refractivity contribution in [3.8, 4) is 0 Å². The molecule has 1 aromatic heterocycles. The lowest BCUT2D eigenvalue weighted by atomic mass is 10.1. The molecule has 0 saturated carbocycles. The molecule has 24 heavy (non-hydrogen) atoms. The molecule has 0 atom stereocenters. The number of benzene rings is 1. The minimum absolute atomic E-state index is 0.175. The molecule has 2 aromatic rings. The number of pyridine rings is 1. The minimum atomic E-state index is -3.29. The van der Waals surface area contributed by atoms with Crippen molar-refractivity contribution in [2.45, 2.75) is 58.3 Å². The lowest BCUT2D eigenvalue weighted by molar-refractivity contribution is 0.575. The van der Waals surface area contributed by atoms with Gasteiger partial charge in [-0.1, -0.05) is 70.1 Å². The van der Waals surface area contributed by atoms with E-state index in [0.717, 1.165) is 23.7 Å². The number of sulfonamides is 1. The highest BCUT2D eigenvalue weighted by Gasteiger charge is 2.10. The maximum Gasteiger partial charge on any atom is 0.232 e. The summed E-state index contributed by atoms with van der Waals surface area (Å²) in [6, 6.07) is 9.50. The molecule has 0 spiro atoms.